The lowest BCUT2D eigenvalue weighted by Crippen LogP contribution is -2.41. The van der Waals surface area contributed by atoms with Crippen LogP contribution in [0.25, 0.3) is 0 Å². The third kappa shape index (κ3) is 4.08. The topological polar surface area (TPSA) is 91.8 Å². The summed E-state index contributed by atoms with van der Waals surface area (Å²) < 4.78 is 25.5. The lowest BCUT2D eigenvalue weighted by Gasteiger charge is -2.20. The van der Waals surface area contributed by atoms with E-state index < -0.39 is 22.0 Å². The molecule has 1 fully saturated rings. The first-order chi connectivity index (χ1) is 10.4. The first-order valence-corrected chi connectivity index (χ1v) is 9.46. The molecule has 0 radical (unpaired) electrons. The molecule has 0 aromatic heterocycles. The number of carbonyl (C=O) groups excluding carboxylic acids is 1. The molecule has 1 N–H and O–H groups in total. The fourth-order valence-corrected chi connectivity index (χ4v) is 5.22. The molecule has 1 aliphatic rings. The second-order valence-corrected chi connectivity index (χ2v) is 8.03. The van der Waals surface area contributed by atoms with Gasteiger partial charge < -0.3 is 5.11 Å². The Morgan fingerprint density at radius 1 is 1.27 bits per heavy atom. The minimum absolute atomic E-state index is 0.110. The van der Waals surface area contributed by atoms with E-state index in [-0.39, 0.29) is 23.2 Å². The summed E-state index contributed by atoms with van der Waals surface area (Å²) in [5.41, 5.74) is 0.523. The predicted octanol–water partition coefficient (Wildman–Crippen LogP) is 1.44. The standard InChI is InChI=1S/C14H17NO5S2/c16-13(17)12-7-4-8-15(12)22(19,20)10-9-21-14(18)11-5-2-1-3-6-11/h1-3,5-6,12H,4,7-10H2,(H,16,17)/t12-/m0/s1. The summed E-state index contributed by atoms with van der Waals surface area (Å²) in [6.07, 6.45) is 0.886. The van der Waals surface area contributed by atoms with Crippen LogP contribution >= 0.6 is 11.8 Å². The second-order valence-electron chi connectivity index (χ2n) is 4.92. The van der Waals surface area contributed by atoms with Gasteiger partial charge in [0.2, 0.25) is 15.1 Å². The molecule has 120 valence electrons. The normalized spacial score (nSPS) is 19.2. The number of nitrogens with zero attached hydrogens (tertiary/aromatic N) is 1. The highest BCUT2D eigenvalue weighted by atomic mass is 32.2. The Hall–Kier alpha value is -1.38. The average molecular weight is 343 g/mol. The number of carboxylic acids is 1. The summed E-state index contributed by atoms with van der Waals surface area (Å²) in [6, 6.07) is 7.65. The molecule has 6 nitrogen and oxygen atoms in total. The van der Waals surface area contributed by atoms with Gasteiger partial charge in [-0.3, -0.25) is 9.59 Å². The third-order valence-electron chi connectivity index (χ3n) is 3.43. The quantitative estimate of drug-likeness (QED) is 0.840. The molecule has 2 rings (SSSR count). The van der Waals surface area contributed by atoms with Crippen molar-refractivity contribution in [2.75, 3.05) is 18.1 Å². The molecule has 1 heterocycles. The monoisotopic (exact) mass is 343 g/mol. The van der Waals surface area contributed by atoms with Crippen molar-refractivity contribution >= 4 is 32.9 Å². The molecule has 0 aliphatic carbocycles. The van der Waals surface area contributed by atoms with Gasteiger partial charge in [-0.1, -0.05) is 42.1 Å². The molecular weight excluding hydrogens is 326 g/mol. The zero-order valence-electron chi connectivity index (χ0n) is 11.8. The molecule has 0 bridgehead atoms. The smallest absolute Gasteiger partial charge is 0.322 e. The Morgan fingerprint density at radius 3 is 2.59 bits per heavy atom. The Labute approximate surface area is 133 Å². The van der Waals surface area contributed by atoms with Crippen LogP contribution in [0.15, 0.2) is 30.3 Å². The largest absolute Gasteiger partial charge is 0.480 e. The van der Waals surface area contributed by atoms with Crippen molar-refractivity contribution in [2.24, 2.45) is 0 Å². The van der Waals surface area contributed by atoms with Crippen molar-refractivity contribution < 1.29 is 23.1 Å². The Morgan fingerprint density at radius 2 is 1.95 bits per heavy atom. The molecule has 22 heavy (non-hydrogen) atoms. The highest BCUT2D eigenvalue weighted by Gasteiger charge is 2.38. The van der Waals surface area contributed by atoms with Crippen LogP contribution in [0.1, 0.15) is 23.2 Å². The zero-order valence-corrected chi connectivity index (χ0v) is 13.5. The van der Waals surface area contributed by atoms with Crippen LogP contribution in [-0.2, 0) is 14.8 Å². The van der Waals surface area contributed by atoms with Gasteiger partial charge >= 0.3 is 5.97 Å². The number of aliphatic carboxylic acids is 1. The van der Waals surface area contributed by atoms with Gasteiger partial charge in [0, 0.05) is 17.9 Å². The van der Waals surface area contributed by atoms with E-state index in [1.165, 1.54) is 0 Å². The number of sulfonamides is 1. The number of hydrogen-bond acceptors (Lipinski definition) is 5. The van der Waals surface area contributed by atoms with E-state index in [4.69, 9.17) is 5.11 Å². The maximum Gasteiger partial charge on any atom is 0.322 e. The van der Waals surface area contributed by atoms with Crippen molar-refractivity contribution in [1.29, 1.82) is 0 Å². The highest BCUT2D eigenvalue weighted by Crippen LogP contribution is 2.22. The Balaban J connectivity index is 1.90. The van der Waals surface area contributed by atoms with Gasteiger partial charge in [0.25, 0.3) is 0 Å². The maximum atomic E-state index is 12.2. The molecule has 0 saturated carbocycles. The number of hydrogen-bond donors (Lipinski definition) is 1. The zero-order chi connectivity index (χ0) is 16.2. The van der Waals surface area contributed by atoms with Crippen LogP contribution in [0.4, 0.5) is 0 Å². The molecule has 8 heteroatoms. The molecule has 1 saturated heterocycles. The van der Waals surface area contributed by atoms with Crippen molar-refractivity contribution in [3.63, 3.8) is 0 Å². The summed E-state index contributed by atoms with van der Waals surface area (Å²) in [5.74, 6) is -1.24. The molecule has 0 spiro atoms. The molecule has 1 aromatic rings. The Kier molecular flexibility index (Phi) is 5.60. The predicted molar refractivity (Wildman–Crippen MR) is 84.4 cm³/mol. The molecule has 1 aliphatic heterocycles. The number of benzene rings is 1. The summed E-state index contributed by atoms with van der Waals surface area (Å²) in [4.78, 5) is 22.9. The van der Waals surface area contributed by atoms with Crippen LogP contribution in [-0.4, -0.2) is 53.0 Å². The highest BCUT2D eigenvalue weighted by molar-refractivity contribution is 8.14. The first-order valence-electron chi connectivity index (χ1n) is 6.86. The molecule has 1 aromatic carbocycles. The summed E-state index contributed by atoms with van der Waals surface area (Å²) in [7, 11) is -3.65. The summed E-state index contributed by atoms with van der Waals surface area (Å²) in [5, 5.41) is 8.86. The maximum absolute atomic E-state index is 12.2. The summed E-state index contributed by atoms with van der Waals surface area (Å²) in [6.45, 7) is 0.233. The van der Waals surface area contributed by atoms with Gasteiger partial charge in [0.15, 0.2) is 0 Å². The number of carboxylic acid groups (broad SMARTS) is 1. The third-order valence-corrected chi connectivity index (χ3v) is 6.47. The van der Waals surface area contributed by atoms with Crippen molar-refractivity contribution in [2.45, 2.75) is 18.9 Å². The van der Waals surface area contributed by atoms with E-state index in [1.54, 1.807) is 30.3 Å². The Bertz CT molecular complexity index is 644. The average Bonchev–Trinajstić information content (AvgIpc) is 2.98. The number of thioether (sulfide) groups is 1. The van der Waals surface area contributed by atoms with Gasteiger partial charge in [0.05, 0.1) is 5.75 Å². The van der Waals surface area contributed by atoms with Crippen LogP contribution in [0.3, 0.4) is 0 Å². The van der Waals surface area contributed by atoms with Crippen molar-refractivity contribution in [3.8, 4) is 0 Å². The van der Waals surface area contributed by atoms with Crippen molar-refractivity contribution in [3.05, 3.63) is 35.9 Å². The van der Waals surface area contributed by atoms with E-state index in [9.17, 15) is 18.0 Å². The van der Waals surface area contributed by atoms with Gasteiger partial charge in [-0.2, -0.15) is 4.31 Å². The van der Waals surface area contributed by atoms with Gasteiger partial charge in [0.1, 0.15) is 6.04 Å². The van der Waals surface area contributed by atoms with Crippen LogP contribution in [0, 0.1) is 0 Å². The van der Waals surface area contributed by atoms with Crippen molar-refractivity contribution in [1.82, 2.24) is 4.31 Å². The van der Waals surface area contributed by atoms with Crippen LogP contribution in [0.5, 0.6) is 0 Å². The lowest BCUT2D eigenvalue weighted by atomic mass is 10.2. The number of rotatable bonds is 6. The fraction of sp³-hybridized carbons (Fsp3) is 0.429. The molecule has 1 atom stereocenters. The van der Waals surface area contributed by atoms with E-state index >= 15 is 0 Å². The van der Waals surface area contributed by atoms with Crippen LogP contribution in [0.2, 0.25) is 0 Å². The van der Waals surface area contributed by atoms with E-state index in [1.807, 2.05) is 0 Å². The minimum atomic E-state index is -3.65. The minimum Gasteiger partial charge on any atom is -0.480 e. The van der Waals surface area contributed by atoms with Gasteiger partial charge in [-0.25, -0.2) is 8.42 Å². The number of carbonyl (C=O) groups is 2. The van der Waals surface area contributed by atoms with E-state index in [0.717, 1.165) is 16.1 Å². The second kappa shape index (κ2) is 7.26. The summed E-state index contributed by atoms with van der Waals surface area (Å²) >= 11 is 0.933. The first kappa shape index (κ1) is 17.0. The lowest BCUT2D eigenvalue weighted by molar-refractivity contribution is -0.140. The van der Waals surface area contributed by atoms with Gasteiger partial charge in [-0.05, 0) is 12.8 Å². The van der Waals surface area contributed by atoms with Gasteiger partial charge in [-0.15, -0.1) is 0 Å². The molecule has 0 unspecified atom stereocenters. The molecular formula is C14H17NO5S2. The van der Waals surface area contributed by atoms with Crippen LogP contribution < -0.4 is 0 Å². The van der Waals surface area contributed by atoms with E-state index in [0.29, 0.717) is 18.4 Å². The SMILES string of the molecule is O=C(SCCS(=O)(=O)N1CCC[C@H]1C(=O)O)c1ccccc1. The molecule has 0 amide bonds. The fourth-order valence-electron chi connectivity index (χ4n) is 2.33. The van der Waals surface area contributed by atoms with E-state index in [2.05, 4.69) is 0 Å².